The van der Waals surface area contributed by atoms with Crippen LogP contribution in [0.25, 0.3) is 27.5 Å². The molecule has 5 heteroatoms. The minimum atomic E-state index is 0.407. The Balaban J connectivity index is 0.00000214. The SMILES string of the molecule is C=CN=C/C(CC)=C(\C)c1c(C)ccc2cc(C/C=C/C(=C)Nc3ccc(-c4cc(N)ncnc(C)c(C)c(C)c4)cc3)ccc12.CC.CC.CC. The van der Waals surface area contributed by atoms with Gasteiger partial charge in [0.05, 0.1) is 0 Å². The number of nitrogens with two attached hydrogens (primary N) is 1. The fourth-order valence-electron chi connectivity index (χ4n) is 5.49. The van der Waals surface area contributed by atoms with E-state index in [0.717, 1.165) is 52.2 Å². The summed E-state index contributed by atoms with van der Waals surface area (Å²) >= 11 is 0. The molecule has 52 heavy (non-hydrogen) atoms. The molecule has 0 fully saturated rings. The predicted molar refractivity (Wildman–Crippen MR) is 234 cm³/mol. The molecule has 0 spiro atoms. The number of allylic oxidation sites excluding steroid dienone is 4. The molecule has 0 bridgehead atoms. The number of aliphatic imine (C=N–C) groups is 1. The van der Waals surface area contributed by atoms with E-state index < -0.39 is 0 Å². The molecule has 0 amide bonds. The Morgan fingerprint density at radius 3 is 2.13 bits per heavy atom. The fraction of sp³-hybridized carbons (Fsp3) is 0.298. The van der Waals surface area contributed by atoms with E-state index in [1.807, 2.05) is 79.0 Å². The van der Waals surface area contributed by atoms with E-state index in [-0.39, 0.29) is 0 Å². The second-order valence-electron chi connectivity index (χ2n) is 11.5. The van der Waals surface area contributed by atoms with Gasteiger partial charge in [0.1, 0.15) is 12.1 Å². The van der Waals surface area contributed by atoms with E-state index in [4.69, 9.17) is 5.73 Å². The van der Waals surface area contributed by atoms with Gasteiger partial charge in [-0.05, 0) is 133 Å². The highest BCUT2D eigenvalue weighted by molar-refractivity contribution is 6.00. The van der Waals surface area contributed by atoms with Crippen LogP contribution in [0.3, 0.4) is 0 Å². The molecule has 276 valence electrons. The molecule has 4 aromatic rings. The molecule has 5 nitrogen and oxygen atoms in total. The zero-order chi connectivity index (χ0) is 39.2. The quantitative estimate of drug-likeness (QED) is 0.128. The maximum absolute atomic E-state index is 6.14. The number of hydrogen-bond acceptors (Lipinski definition) is 5. The lowest BCUT2D eigenvalue weighted by Crippen LogP contribution is -1.96. The van der Waals surface area contributed by atoms with Gasteiger partial charge in [0.2, 0.25) is 0 Å². The van der Waals surface area contributed by atoms with Crippen molar-refractivity contribution in [2.75, 3.05) is 11.1 Å². The van der Waals surface area contributed by atoms with E-state index in [1.165, 1.54) is 44.9 Å². The molecule has 0 radical (unpaired) electrons. The van der Waals surface area contributed by atoms with Crippen molar-refractivity contribution in [2.24, 2.45) is 4.99 Å². The highest BCUT2D eigenvalue weighted by Gasteiger charge is 2.10. The first kappa shape index (κ1) is 44.7. The van der Waals surface area contributed by atoms with Gasteiger partial charge in [-0.3, -0.25) is 4.99 Å². The average molecular weight is 698 g/mol. The second-order valence-corrected chi connectivity index (χ2v) is 11.5. The van der Waals surface area contributed by atoms with Crippen LogP contribution in [0.2, 0.25) is 0 Å². The summed E-state index contributed by atoms with van der Waals surface area (Å²) in [4.78, 5) is 12.9. The summed E-state index contributed by atoms with van der Waals surface area (Å²) in [7, 11) is 0. The Morgan fingerprint density at radius 1 is 0.827 bits per heavy atom. The van der Waals surface area contributed by atoms with E-state index >= 15 is 0 Å². The monoisotopic (exact) mass is 698 g/mol. The normalized spacial score (nSPS) is 10.8. The second kappa shape index (κ2) is 24.0. The van der Waals surface area contributed by atoms with Crippen LogP contribution in [-0.4, -0.2) is 16.2 Å². The average Bonchev–Trinajstić information content (AvgIpc) is 3.16. The fourth-order valence-corrected chi connectivity index (χ4v) is 5.49. The first-order valence-electron chi connectivity index (χ1n) is 18.6. The van der Waals surface area contributed by atoms with Gasteiger partial charge in [-0.25, -0.2) is 9.97 Å². The third-order valence-electron chi connectivity index (χ3n) is 8.33. The molecule has 0 aliphatic heterocycles. The summed E-state index contributed by atoms with van der Waals surface area (Å²) in [6, 6.07) is 23.4. The Labute approximate surface area is 315 Å². The lowest BCUT2D eigenvalue weighted by molar-refractivity contribution is 1.10. The Morgan fingerprint density at radius 2 is 1.50 bits per heavy atom. The smallest absolute Gasteiger partial charge is 0.125 e. The van der Waals surface area contributed by atoms with Crippen LogP contribution in [0.15, 0.2) is 121 Å². The summed E-state index contributed by atoms with van der Waals surface area (Å²) in [6.45, 7) is 32.6. The van der Waals surface area contributed by atoms with Crippen LogP contribution in [-0.2, 0) is 6.42 Å². The van der Waals surface area contributed by atoms with Crippen molar-refractivity contribution in [1.82, 2.24) is 9.97 Å². The van der Waals surface area contributed by atoms with Crippen LogP contribution in [0.1, 0.15) is 95.3 Å². The van der Waals surface area contributed by atoms with Crippen molar-refractivity contribution < 1.29 is 0 Å². The molecule has 1 aromatic heterocycles. The molecule has 4 rings (SSSR count). The molecule has 0 saturated heterocycles. The maximum Gasteiger partial charge on any atom is 0.125 e. The number of nitrogen functional groups attached to an aromatic ring is 1. The topological polar surface area (TPSA) is 76.2 Å². The highest BCUT2D eigenvalue weighted by atomic mass is 14.9. The van der Waals surface area contributed by atoms with Crippen LogP contribution in [0.4, 0.5) is 11.5 Å². The number of fused-ring (bicyclic) bond motifs is 1. The zero-order valence-corrected chi connectivity index (χ0v) is 34.0. The third-order valence-corrected chi connectivity index (χ3v) is 8.33. The van der Waals surface area contributed by atoms with Crippen molar-refractivity contribution in [3.63, 3.8) is 0 Å². The van der Waals surface area contributed by atoms with Gasteiger partial charge >= 0.3 is 0 Å². The lowest BCUT2D eigenvalue weighted by Gasteiger charge is -2.14. The van der Waals surface area contributed by atoms with Gasteiger partial charge in [0, 0.05) is 29.5 Å². The first-order valence-corrected chi connectivity index (χ1v) is 18.6. The van der Waals surface area contributed by atoms with Crippen molar-refractivity contribution in [2.45, 2.75) is 95.9 Å². The number of anilines is 2. The minimum Gasteiger partial charge on any atom is -0.384 e. The van der Waals surface area contributed by atoms with E-state index in [2.05, 4.69) is 123 Å². The van der Waals surface area contributed by atoms with E-state index in [1.54, 1.807) is 6.20 Å². The standard InChI is InChI=1S/C41H45N5.3C2H6/c1-9-34(25-43-10-2)31(7)41-27(3)14-16-36-23-33(15-21-39(36)41)13-11-12-29(5)46-38-19-17-35(18-20-38)37-22-28(4)30(6)32(8)44-26-45-40(42)24-37;3*1-2/h10-12,14-26,46H,2,5,9,13H2,1,3-4,6-8H3,(H2,42,44,45);3*1-2H3/b12-11+,34-31+,43-25?;;;. The van der Waals surface area contributed by atoms with Crippen molar-refractivity contribution in [3.05, 3.63) is 149 Å². The highest BCUT2D eigenvalue weighted by Crippen LogP contribution is 2.32. The number of hydrogen-bond donors (Lipinski definition) is 2. The number of benzene rings is 3. The molecule has 3 aromatic carbocycles. The van der Waals surface area contributed by atoms with Gasteiger partial charge in [-0.2, -0.15) is 0 Å². The van der Waals surface area contributed by atoms with E-state index in [0.29, 0.717) is 5.82 Å². The van der Waals surface area contributed by atoms with Crippen LogP contribution in [0.5, 0.6) is 0 Å². The van der Waals surface area contributed by atoms with E-state index in [9.17, 15) is 0 Å². The molecule has 0 aliphatic rings. The van der Waals surface area contributed by atoms with Gasteiger partial charge in [0.25, 0.3) is 0 Å². The summed E-state index contributed by atoms with van der Waals surface area (Å²) in [6.07, 6.45) is 10.9. The Bertz CT molecular complexity index is 1910. The molecule has 0 atom stereocenters. The summed E-state index contributed by atoms with van der Waals surface area (Å²) in [5.74, 6) is 0.407. The number of rotatable bonds is 10. The largest absolute Gasteiger partial charge is 0.384 e. The molecule has 1 heterocycles. The maximum atomic E-state index is 6.14. The van der Waals surface area contributed by atoms with Crippen LogP contribution in [0, 0.1) is 27.7 Å². The number of nitrogens with zero attached hydrogens (tertiary/aromatic N) is 3. The van der Waals surface area contributed by atoms with Crippen molar-refractivity contribution >= 4 is 34.1 Å². The Hall–Kier alpha value is -5.29. The summed E-state index contributed by atoms with van der Waals surface area (Å²) < 4.78 is 0. The van der Waals surface area contributed by atoms with Crippen LogP contribution >= 0.6 is 0 Å². The molecule has 3 N–H and O–H groups in total. The minimum absolute atomic E-state index is 0.407. The zero-order valence-electron chi connectivity index (χ0n) is 34.0. The van der Waals surface area contributed by atoms with Crippen LogP contribution < -0.4 is 11.1 Å². The molecular weight excluding hydrogens is 635 g/mol. The summed E-state index contributed by atoms with van der Waals surface area (Å²) in [5, 5.41) is 5.90. The Kier molecular flexibility index (Phi) is 20.6. The summed E-state index contributed by atoms with van der Waals surface area (Å²) in [5.41, 5.74) is 19.4. The van der Waals surface area contributed by atoms with Crippen molar-refractivity contribution in [3.8, 4) is 11.1 Å². The van der Waals surface area contributed by atoms with Gasteiger partial charge in [0.15, 0.2) is 0 Å². The lowest BCUT2D eigenvalue weighted by atomic mass is 9.90. The van der Waals surface area contributed by atoms with Gasteiger partial charge in [-0.1, -0.05) is 116 Å². The number of aromatic nitrogens is 2. The predicted octanol–water partition coefficient (Wildman–Crippen LogP) is 13.4. The molecule has 0 saturated carbocycles. The number of nitrogens with one attached hydrogen (secondary N) is 1. The first-order chi connectivity index (χ1) is 25.1. The molecule has 0 aliphatic carbocycles. The van der Waals surface area contributed by atoms with Crippen molar-refractivity contribution in [1.29, 1.82) is 0 Å². The van der Waals surface area contributed by atoms with Gasteiger partial charge < -0.3 is 11.1 Å². The third kappa shape index (κ3) is 13.1. The van der Waals surface area contributed by atoms with Gasteiger partial charge in [-0.15, -0.1) is 0 Å². The number of aryl methyl sites for hydroxylation is 3. The molecular formula is C47H63N5. The molecule has 0 unspecified atom stereocenters.